The van der Waals surface area contributed by atoms with E-state index in [-0.39, 0.29) is 24.8 Å². The smallest absolute Gasteiger partial charge is 0.243 e. The molecule has 3 rings (SSSR count). The Labute approximate surface area is 184 Å². The molecule has 0 aliphatic rings. The lowest BCUT2D eigenvalue weighted by Crippen LogP contribution is -2.38. The number of benzene rings is 2. The number of likely N-dealkylation sites (N-methyl/N-ethyl adjacent to an activating group) is 1. The molecular weight excluding hydrogens is 422 g/mol. The number of anilines is 1. The number of hydrogen-bond donors (Lipinski definition) is 1. The molecule has 0 aliphatic carbocycles. The number of rotatable bonds is 8. The van der Waals surface area contributed by atoms with E-state index in [4.69, 9.17) is 16.3 Å². The SMILES string of the molecule is CCN(CC(=O)Nc1ccc(OC)cc1)C(=O)Cc1csc(-c2ccccc2Cl)n1. The number of carbonyl (C=O) groups excluding carboxylic acids is 2. The molecule has 0 unspecified atom stereocenters. The van der Waals surface area contributed by atoms with Gasteiger partial charge < -0.3 is 15.0 Å². The highest BCUT2D eigenvalue weighted by atomic mass is 35.5. The van der Waals surface area contributed by atoms with Crippen LogP contribution in [0.25, 0.3) is 10.6 Å². The summed E-state index contributed by atoms with van der Waals surface area (Å²) in [6, 6.07) is 14.5. The number of nitrogens with one attached hydrogen (secondary N) is 1. The van der Waals surface area contributed by atoms with Gasteiger partial charge in [-0.05, 0) is 37.3 Å². The third-order valence-corrected chi connectivity index (χ3v) is 5.69. The molecule has 2 amide bonds. The van der Waals surface area contributed by atoms with Crippen molar-refractivity contribution in [2.45, 2.75) is 13.3 Å². The van der Waals surface area contributed by atoms with E-state index in [1.807, 2.05) is 36.6 Å². The van der Waals surface area contributed by atoms with Crippen molar-refractivity contribution in [2.24, 2.45) is 0 Å². The monoisotopic (exact) mass is 443 g/mol. The Kier molecular flexibility index (Phi) is 7.43. The molecule has 0 spiro atoms. The number of thiazole rings is 1. The highest BCUT2D eigenvalue weighted by Gasteiger charge is 2.18. The van der Waals surface area contributed by atoms with Gasteiger partial charge in [-0.15, -0.1) is 11.3 Å². The largest absolute Gasteiger partial charge is 0.497 e. The Balaban J connectivity index is 1.59. The molecule has 0 atom stereocenters. The van der Waals surface area contributed by atoms with E-state index in [1.165, 1.54) is 16.2 Å². The number of hydrogen-bond acceptors (Lipinski definition) is 5. The fourth-order valence-electron chi connectivity index (χ4n) is 2.84. The average Bonchev–Trinajstić information content (AvgIpc) is 3.21. The van der Waals surface area contributed by atoms with Gasteiger partial charge >= 0.3 is 0 Å². The zero-order valence-electron chi connectivity index (χ0n) is 16.7. The van der Waals surface area contributed by atoms with Crippen molar-refractivity contribution in [2.75, 3.05) is 25.5 Å². The normalized spacial score (nSPS) is 10.5. The number of ether oxygens (including phenoxy) is 1. The van der Waals surface area contributed by atoms with Crippen molar-refractivity contribution >= 4 is 40.4 Å². The minimum absolute atomic E-state index is 0.0249. The van der Waals surface area contributed by atoms with Crippen LogP contribution in [-0.2, 0) is 16.0 Å². The van der Waals surface area contributed by atoms with Crippen LogP contribution in [-0.4, -0.2) is 41.9 Å². The van der Waals surface area contributed by atoms with Crippen LogP contribution in [0.3, 0.4) is 0 Å². The Hall–Kier alpha value is -2.90. The van der Waals surface area contributed by atoms with Gasteiger partial charge in [0.1, 0.15) is 10.8 Å². The van der Waals surface area contributed by atoms with Gasteiger partial charge in [-0.3, -0.25) is 9.59 Å². The summed E-state index contributed by atoms with van der Waals surface area (Å²) in [4.78, 5) is 31.1. The van der Waals surface area contributed by atoms with Crippen molar-refractivity contribution in [3.05, 3.63) is 64.6 Å². The second kappa shape index (κ2) is 10.2. The van der Waals surface area contributed by atoms with E-state index in [1.54, 1.807) is 31.4 Å². The van der Waals surface area contributed by atoms with Crippen LogP contribution < -0.4 is 10.1 Å². The van der Waals surface area contributed by atoms with Gasteiger partial charge in [0.25, 0.3) is 0 Å². The van der Waals surface area contributed by atoms with Crippen LogP contribution >= 0.6 is 22.9 Å². The van der Waals surface area contributed by atoms with Crippen molar-refractivity contribution < 1.29 is 14.3 Å². The molecule has 3 aromatic rings. The summed E-state index contributed by atoms with van der Waals surface area (Å²) < 4.78 is 5.10. The van der Waals surface area contributed by atoms with Crippen LogP contribution in [0.2, 0.25) is 5.02 Å². The van der Waals surface area contributed by atoms with Gasteiger partial charge in [-0.25, -0.2) is 4.98 Å². The van der Waals surface area contributed by atoms with Gasteiger partial charge in [0.05, 0.1) is 30.8 Å². The number of halogens is 1. The first kappa shape index (κ1) is 21.8. The summed E-state index contributed by atoms with van der Waals surface area (Å²) in [7, 11) is 1.58. The molecule has 0 radical (unpaired) electrons. The first-order chi connectivity index (χ1) is 14.5. The van der Waals surface area contributed by atoms with Crippen LogP contribution in [0.5, 0.6) is 5.75 Å². The number of methoxy groups -OCH3 is 1. The second-order valence-electron chi connectivity index (χ2n) is 6.49. The molecule has 30 heavy (non-hydrogen) atoms. The van der Waals surface area contributed by atoms with Gasteiger partial charge in [0.15, 0.2) is 0 Å². The summed E-state index contributed by atoms with van der Waals surface area (Å²) >= 11 is 7.67. The molecule has 0 saturated heterocycles. The quantitative estimate of drug-likeness (QED) is 0.556. The average molecular weight is 444 g/mol. The Bertz CT molecular complexity index is 1020. The maximum atomic E-state index is 12.7. The van der Waals surface area contributed by atoms with E-state index in [0.717, 1.165) is 10.6 Å². The summed E-state index contributed by atoms with van der Waals surface area (Å²) in [6.45, 7) is 2.24. The number of aromatic nitrogens is 1. The van der Waals surface area contributed by atoms with Crippen molar-refractivity contribution in [3.8, 4) is 16.3 Å². The van der Waals surface area contributed by atoms with E-state index in [2.05, 4.69) is 10.3 Å². The lowest BCUT2D eigenvalue weighted by Gasteiger charge is -2.20. The molecule has 156 valence electrons. The van der Waals surface area contributed by atoms with E-state index < -0.39 is 0 Å². The lowest BCUT2D eigenvalue weighted by molar-refractivity contribution is -0.133. The maximum absolute atomic E-state index is 12.7. The molecule has 1 heterocycles. The number of carbonyl (C=O) groups is 2. The number of nitrogens with zero attached hydrogens (tertiary/aromatic N) is 2. The van der Waals surface area contributed by atoms with Crippen molar-refractivity contribution in [3.63, 3.8) is 0 Å². The second-order valence-corrected chi connectivity index (χ2v) is 7.75. The zero-order valence-corrected chi connectivity index (χ0v) is 18.3. The van der Waals surface area contributed by atoms with Crippen LogP contribution in [0, 0.1) is 0 Å². The van der Waals surface area contributed by atoms with Crippen LogP contribution in [0.15, 0.2) is 53.9 Å². The third kappa shape index (κ3) is 5.58. The molecule has 1 N–H and O–H groups in total. The molecule has 0 bridgehead atoms. The van der Waals surface area contributed by atoms with E-state index in [9.17, 15) is 9.59 Å². The highest BCUT2D eigenvalue weighted by Crippen LogP contribution is 2.30. The predicted octanol–water partition coefficient (Wildman–Crippen LogP) is 4.50. The molecular formula is C22H22ClN3O3S. The predicted molar refractivity (Wildman–Crippen MR) is 120 cm³/mol. The molecule has 1 aromatic heterocycles. The highest BCUT2D eigenvalue weighted by molar-refractivity contribution is 7.13. The lowest BCUT2D eigenvalue weighted by atomic mass is 10.2. The first-order valence-electron chi connectivity index (χ1n) is 9.41. The third-order valence-electron chi connectivity index (χ3n) is 4.43. The zero-order chi connectivity index (χ0) is 21.5. The fraction of sp³-hybridized carbons (Fsp3) is 0.227. The Morgan fingerprint density at radius 2 is 1.90 bits per heavy atom. The van der Waals surface area contributed by atoms with Crippen molar-refractivity contribution in [1.29, 1.82) is 0 Å². The number of amides is 2. The van der Waals surface area contributed by atoms with Crippen LogP contribution in [0.1, 0.15) is 12.6 Å². The van der Waals surface area contributed by atoms with Crippen LogP contribution in [0.4, 0.5) is 5.69 Å². The van der Waals surface area contributed by atoms with Gasteiger partial charge in [-0.2, -0.15) is 0 Å². The molecule has 2 aromatic carbocycles. The summed E-state index contributed by atoms with van der Waals surface area (Å²) in [5.41, 5.74) is 2.15. The Morgan fingerprint density at radius 3 is 2.57 bits per heavy atom. The van der Waals surface area contributed by atoms with Gasteiger partial charge in [0, 0.05) is 23.2 Å². The summed E-state index contributed by atoms with van der Waals surface area (Å²) in [6.07, 6.45) is 0.130. The molecule has 8 heteroatoms. The van der Waals surface area contributed by atoms with Gasteiger partial charge in [-0.1, -0.05) is 29.8 Å². The van der Waals surface area contributed by atoms with Crippen molar-refractivity contribution in [1.82, 2.24) is 9.88 Å². The summed E-state index contributed by atoms with van der Waals surface area (Å²) in [5, 5.41) is 6.03. The standard InChI is InChI=1S/C22H22ClN3O3S/c1-3-26(13-20(27)24-15-8-10-17(29-2)11-9-15)21(28)12-16-14-30-22(25-16)18-6-4-5-7-19(18)23/h4-11,14H,3,12-13H2,1-2H3,(H,24,27). The first-order valence-corrected chi connectivity index (χ1v) is 10.7. The fourth-order valence-corrected chi connectivity index (χ4v) is 3.98. The molecule has 0 fully saturated rings. The van der Waals surface area contributed by atoms with Gasteiger partial charge in [0.2, 0.25) is 11.8 Å². The van der Waals surface area contributed by atoms with E-state index in [0.29, 0.717) is 28.7 Å². The maximum Gasteiger partial charge on any atom is 0.243 e. The molecule has 0 saturated carbocycles. The molecule has 6 nitrogen and oxygen atoms in total. The topological polar surface area (TPSA) is 71.5 Å². The minimum atomic E-state index is -0.259. The minimum Gasteiger partial charge on any atom is -0.497 e. The summed E-state index contributed by atoms with van der Waals surface area (Å²) in [5.74, 6) is 0.293. The molecule has 0 aliphatic heterocycles. The Morgan fingerprint density at radius 1 is 1.17 bits per heavy atom. The van der Waals surface area contributed by atoms with E-state index >= 15 is 0 Å².